The van der Waals surface area contributed by atoms with Gasteiger partial charge in [-0.05, 0) is 43.0 Å². The van der Waals surface area contributed by atoms with Gasteiger partial charge < -0.3 is 10.1 Å². The Morgan fingerprint density at radius 1 is 1.16 bits per heavy atom. The Hall–Kier alpha value is -2.61. The van der Waals surface area contributed by atoms with Crippen LogP contribution in [0.5, 0.6) is 5.75 Å². The number of methoxy groups -OCH3 is 1. The largest absolute Gasteiger partial charge is 0.497 e. The Balaban J connectivity index is 2.13. The van der Waals surface area contributed by atoms with Gasteiger partial charge >= 0.3 is 0 Å². The number of benzene rings is 1. The molecule has 0 radical (unpaired) electrons. The minimum atomic E-state index is -0.130. The summed E-state index contributed by atoms with van der Waals surface area (Å²) in [4.78, 5) is 23.5. The molecule has 0 heterocycles. The zero-order valence-corrected chi connectivity index (χ0v) is 14.8. The standard InChI is InChI=1S/C20H26N2O3/c1-25-19-12-9-17(10-13-19)16-22-20(24)14-11-18(23)8-6-4-2-3-5-7-15-21/h6,8-10,12-13H,2-5,7,11,14,16H2,1H3,(H,22,24)/b8-6+. The average molecular weight is 342 g/mol. The van der Waals surface area contributed by atoms with E-state index in [9.17, 15) is 9.59 Å². The summed E-state index contributed by atoms with van der Waals surface area (Å²) >= 11 is 0. The minimum Gasteiger partial charge on any atom is -0.497 e. The molecule has 0 saturated carbocycles. The first-order chi connectivity index (χ1) is 12.2. The fourth-order valence-electron chi connectivity index (χ4n) is 2.21. The van der Waals surface area contributed by atoms with Crippen LogP contribution >= 0.6 is 0 Å². The van der Waals surface area contributed by atoms with Crippen LogP contribution in [0.2, 0.25) is 0 Å². The molecule has 134 valence electrons. The maximum Gasteiger partial charge on any atom is 0.220 e. The molecule has 0 spiro atoms. The van der Waals surface area contributed by atoms with Crippen molar-refractivity contribution in [3.63, 3.8) is 0 Å². The van der Waals surface area contributed by atoms with E-state index in [0.29, 0.717) is 13.0 Å². The highest BCUT2D eigenvalue weighted by Crippen LogP contribution is 2.11. The quantitative estimate of drug-likeness (QED) is 0.464. The Morgan fingerprint density at radius 2 is 1.92 bits per heavy atom. The summed E-state index contributed by atoms with van der Waals surface area (Å²) in [5.41, 5.74) is 0.983. The van der Waals surface area contributed by atoms with Crippen LogP contribution in [0, 0.1) is 11.3 Å². The smallest absolute Gasteiger partial charge is 0.220 e. The maximum absolute atomic E-state index is 11.8. The molecule has 1 amide bonds. The van der Waals surface area contributed by atoms with Gasteiger partial charge in [-0.2, -0.15) is 5.26 Å². The molecule has 25 heavy (non-hydrogen) atoms. The van der Waals surface area contributed by atoms with Crippen molar-refractivity contribution in [1.82, 2.24) is 5.32 Å². The van der Waals surface area contributed by atoms with Crippen LogP contribution in [0.3, 0.4) is 0 Å². The number of ether oxygens (including phenoxy) is 1. The van der Waals surface area contributed by atoms with Gasteiger partial charge in [0, 0.05) is 25.8 Å². The van der Waals surface area contributed by atoms with Crippen molar-refractivity contribution in [2.24, 2.45) is 0 Å². The average Bonchev–Trinajstić information content (AvgIpc) is 2.64. The van der Waals surface area contributed by atoms with E-state index in [1.54, 1.807) is 13.2 Å². The molecule has 0 saturated heterocycles. The summed E-state index contributed by atoms with van der Waals surface area (Å²) < 4.78 is 5.08. The summed E-state index contributed by atoms with van der Waals surface area (Å²) in [5.74, 6) is 0.614. The van der Waals surface area contributed by atoms with Crippen molar-refractivity contribution in [3.8, 4) is 11.8 Å². The van der Waals surface area contributed by atoms with Gasteiger partial charge in [-0.25, -0.2) is 0 Å². The first-order valence-corrected chi connectivity index (χ1v) is 8.61. The third-order valence-electron chi connectivity index (χ3n) is 3.71. The number of nitrogens with zero attached hydrogens (tertiary/aromatic N) is 1. The van der Waals surface area contributed by atoms with Gasteiger partial charge in [0.15, 0.2) is 5.78 Å². The number of nitriles is 1. The molecule has 5 nitrogen and oxygen atoms in total. The van der Waals surface area contributed by atoms with Gasteiger partial charge in [0.05, 0.1) is 13.2 Å². The van der Waals surface area contributed by atoms with E-state index in [-0.39, 0.29) is 24.5 Å². The van der Waals surface area contributed by atoms with E-state index in [4.69, 9.17) is 10.00 Å². The lowest BCUT2D eigenvalue weighted by Gasteiger charge is -2.05. The third kappa shape index (κ3) is 9.98. The fraction of sp³-hybridized carbons (Fsp3) is 0.450. The van der Waals surface area contributed by atoms with Gasteiger partial charge in [0.2, 0.25) is 5.91 Å². The van der Waals surface area contributed by atoms with Crippen LogP contribution in [-0.2, 0) is 16.1 Å². The highest BCUT2D eigenvalue weighted by atomic mass is 16.5. The number of hydrogen-bond acceptors (Lipinski definition) is 4. The summed E-state index contributed by atoms with van der Waals surface area (Å²) in [6, 6.07) is 9.59. The Bertz CT molecular complexity index is 600. The summed E-state index contributed by atoms with van der Waals surface area (Å²) in [5, 5.41) is 11.2. The molecule has 0 aliphatic carbocycles. The van der Waals surface area contributed by atoms with Gasteiger partial charge in [-0.1, -0.05) is 24.6 Å². The second kappa shape index (κ2) is 12.8. The highest BCUT2D eigenvalue weighted by Gasteiger charge is 2.05. The van der Waals surface area contributed by atoms with E-state index < -0.39 is 0 Å². The molecule has 0 aliphatic heterocycles. The van der Waals surface area contributed by atoms with Crippen LogP contribution in [-0.4, -0.2) is 18.8 Å². The van der Waals surface area contributed by atoms with E-state index in [2.05, 4.69) is 11.4 Å². The molecule has 0 unspecified atom stereocenters. The van der Waals surface area contributed by atoms with Crippen LogP contribution in [0.15, 0.2) is 36.4 Å². The van der Waals surface area contributed by atoms with Crippen LogP contribution in [0.25, 0.3) is 0 Å². The van der Waals surface area contributed by atoms with Crippen molar-refractivity contribution < 1.29 is 14.3 Å². The molecular weight excluding hydrogens is 316 g/mol. The number of hydrogen-bond donors (Lipinski definition) is 1. The number of ketones is 1. The molecule has 0 bridgehead atoms. The Kier molecular flexibility index (Phi) is 10.4. The number of carbonyl (C=O) groups is 2. The normalized spacial score (nSPS) is 10.4. The number of unbranched alkanes of at least 4 members (excludes halogenated alkanes) is 4. The SMILES string of the molecule is COc1ccc(CNC(=O)CCC(=O)/C=C/CCCCCC#N)cc1. The zero-order valence-electron chi connectivity index (χ0n) is 14.8. The van der Waals surface area contributed by atoms with Gasteiger partial charge in [0.25, 0.3) is 0 Å². The monoisotopic (exact) mass is 342 g/mol. The van der Waals surface area contributed by atoms with Crippen molar-refractivity contribution >= 4 is 11.7 Å². The number of amides is 1. The molecule has 1 aromatic carbocycles. The van der Waals surface area contributed by atoms with Crippen LogP contribution in [0.4, 0.5) is 0 Å². The topological polar surface area (TPSA) is 79.2 Å². The molecule has 1 rings (SSSR count). The third-order valence-corrected chi connectivity index (χ3v) is 3.71. The van der Waals surface area contributed by atoms with Gasteiger partial charge in [-0.3, -0.25) is 9.59 Å². The second-order valence-corrected chi connectivity index (χ2v) is 5.75. The molecule has 0 fully saturated rings. The van der Waals surface area contributed by atoms with E-state index in [0.717, 1.165) is 37.0 Å². The van der Waals surface area contributed by atoms with Crippen molar-refractivity contribution in [3.05, 3.63) is 42.0 Å². The molecule has 5 heteroatoms. The Morgan fingerprint density at radius 3 is 2.60 bits per heavy atom. The second-order valence-electron chi connectivity index (χ2n) is 5.75. The lowest BCUT2D eigenvalue weighted by molar-refractivity contribution is -0.124. The molecular formula is C20H26N2O3. The first kappa shape index (κ1) is 20.4. The van der Waals surface area contributed by atoms with Gasteiger partial charge in [0.1, 0.15) is 5.75 Å². The number of rotatable bonds is 12. The molecule has 0 aliphatic rings. The molecule has 1 aromatic rings. The molecule has 1 N–H and O–H groups in total. The summed E-state index contributed by atoms with van der Waals surface area (Å²) in [6.07, 6.45) is 8.14. The molecule has 0 atom stereocenters. The van der Waals surface area contributed by atoms with Crippen molar-refractivity contribution in [1.29, 1.82) is 5.26 Å². The molecule has 0 aromatic heterocycles. The number of allylic oxidation sites excluding steroid dienone is 2. The lowest BCUT2D eigenvalue weighted by atomic mass is 10.1. The van der Waals surface area contributed by atoms with E-state index in [1.807, 2.05) is 30.3 Å². The number of carbonyl (C=O) groups excluding carboxylic acids is 2. The van der Waals surface area contributed by atoms with Crippen molar-refractivity contribution in [2.45, 2.75) is 51.5 Å². The van der Waals surface area contributed by atoms with E-state index in [1.165, 1.54) is 0 Å². The van der Waals surface area contributed by atoms with Crippen molar-refractivity contribution in [2.75, 3.05) is 7.11 Å². The first-order valence-electron chi connectivity index (χ1n) is 8.61. The fourth-order valence-corrected chi connectivity index (χ4v) is 2.21. The zero-order chi connectivity index (χ0) is 18.3. The summed E-state index contributed by atoms with van der Waals surface area (Å²) in [6.45, 7) is 0.440. The van der Waals surface area contributed by atoms with Gasteiger partial charge in [-0.15, -0.1) is 0 Å². The predicted molar refractivity (Wildman–Crippen MR) is 96.9 cm³/mol. The highest BCUT2D eigenvalue weighted by molar-refractivity contribution is 5.92. The summed E-state index contributed by atoms with van der Waals surface area (Å²) in [7, 11) is 1.61. The van der Waals surface area contributed by atoms with E-state index >= 15 is 0 Å². The Labute approximate surface area is 149 Å². The van der Waals surface area contributed by atoms with Crippen LogP contribution < -0.4 is 10.1 Å². The maximum atomic E-state index is 11.8. The number of nitrogens with one attached hydrogen (secondary N) is 1. The minimum absolute atomic E-state index is 0.0309. The van der Waals surface area contributed by atoms with Crippen LogP contribution in [0.1, 0.15) is 50.5 Å². The lowest BCUT2D eigenvalue weighted by Crippen LogP contribution is -2.23. The predicted octanol–water partition coefficient (Wildman–Crippen LogP) is 3.69.